The second-order valence-corrected chi connectivity index (χ2v) is 9.34. The molecule has 178 valence electrons. The number of imidazole rings is 1. The van der Waals surface area contributed by atoms with Crippen molar-refractivity contribution in [3.8, 4) is 27.6 Å². The standard InChI is InChI=1S/C25H21ClN4O4S/c1-14(17-5-4-6-20(31)23(17)26)34-21-10-22(35-24(21)25(32)33-3)30-13-27-18-9-15(7-8-19(18)30)16-11-28-29(2)12-16/h4-14,31H,1-3H3. The van der Waals surface area contributed by atoms with Gasteiger partial charge in [-0.05, 0) is 30.7 Å². The number of aromatic nitrogens is 4. The van der Waals surface area contributed by atoms with E-state index in [1.54, 1.807) is 36.1 Å². The molecule has 0 aliphatic rings. The molecular formula is C25H21ClN4O4S. The van der Waals surface area contributed by atoms with Crippen molar-refractivity contribution in [3.05, 3.63) is 76.6 Å². The Morgan fingerprint density at radius 1 is 1.20 bits per heavy atom. The molecule has 0 radical (unpaired) electrons. The van der Waals surface area contributed by atoms with Crippen LogP contribution in [0.1, 0.15) is 28.3 Å². The summed E-state index contributed by atoms with van der Waals surface area (Å²) in [5, 5.41) is 15.1. The van der Waals surface area contributed by atoms with Crippen molar-refractivity contribution < 1.29 is 19.4 Å². The number of carbonyl (C=O) groups is 1. The molecule has 1 atom stereocenters. The van der Waals surface area contributed by atoms with Crippen molar-refractivity contribution >= 4 is 39.9 Å². The molecule has 3 aromatic heterocycles. The first-order valence-electron chi connectivity index (χ1n) is 10.7. The molecule has 0 aliphatic heterocycles. The van der Waals surface area contributed by atoms with Gasteiger partial charge in [-0.3, -0.25) is 9.25 Å². The van der Waals surface area contributed by atoms with Crippen LogP contribution < -0.4 is 4.74 Å². The van der Waals surface area contributed by atoms with Gasteiger partial charge in [-0.15, -0.1) is 11.3 Å². The average Bonchev–Trinajstić information content (AvgIpc) is 3.58. The third-order valence-corrected chi connectivity index (χ3v) is 7.14. The van der Waals surface area contributed by atoms with Gasteiger partial charge in [0, 0.05) is 30.4 Å². The zero-order valence-electron chi connectivity index (χ0n) is 19.1. The summed E-state index contributed by atoms with van der Waals surface area (Å²) in [7, 11) is 3.20. The fourth-order valence-corrected chi connectivity index (χ4v) is 5.12. The monoisotopic (exact) mass is 508 g/mol. The maximum absolute atomic E-state index is 12.5. The molecule has 0 saturated carbocycles. The number of halogens is 1. The highest BCUT2D eigenvalue weighted by atomic mass is 35.5. The number of rotatable bonds is 6. The van der Waals surface area contributed by atoms with Gasteiger partial charge in [0.2, 0.25) is 0 Å². The van der Waals surface area contributed by atoms with Gasteiger partial charge < -0.3 is 14.6 Å². The minimum absolute atomic E-state index is 0.0330. The Balaban J connectivity index is 1.52. The number of methoxy groups -OCH3 is 1. The fraction of sp³-hybridized carbons (Fsp3) is 0.160. The highest BCUT2D eigenvalue weighted by Crippen LogP contribution is 2.39. The molecule has 35 heavy (non-hydrogen) atoms. The number of thiophene rings is 1. The van der Waals surface area contributed by atoms with Crippen LogP contribution >= 0.6 is 22.9 Å². The zero-order chi connectivity index (χ0) is 24.7. The molecule has 5 aromatic rings. The molecule has 5 rings (SSSR count). The molecule has 3 heterocycles. The topological polar surface area (TPSA) is 91.4 Å². The van der Waals surface area contributed by atoms with Crippen molar-refractivity contribution in [2.45, 2.75) is 13.0 Å². The second kappa shape index (κ2) is 9.09. The molecule has 1 unspecified atom stereocenters. The molecule has 0 fully saturated rings. The number of benzene rings is 2. The van der Waals surface area contributed by atoms with Gasteiger partial charge in [0.25, 0.3) is 0 Å². The third-order valence-electron chi connectivity index (χ3n) is 5.63. The number of phenolic OH excluding ortho intramolecular Hbond substituents is 1. The van der Waals surface area contributed by atoms with E-state index >= 15 is 0 Å². The lowest BCUT2D eigenvalue weighted by molar-refractivity contribution is 0.0600. The van der Waals surface area contributed by atoms with Gasteiger partial charge >= 0.3 is 5.97 Å². The molecule has 0 bridgehead atoms. The number of aryl methyl sites for hydroxylation is 1. The normalized spacial score (nSPS) is 12.1. The van der Waals surface area contributed by atoms with E-state index in [2.05, 4.69) is 10.1 Å². The Bertz CT molecular complexity index is 1550. The summed E-state index contributed by atoms with van der Waals surface area (Å²) in [6, 6.07) is 12.7. The van der Waals surface area contributed by atoms with Gasteiger partial charge in [-0.2, -0.15) is 5.10 Å². The van der Waals surface area contributed by atoms with Gasteiger partial charge in [0.05, 0.1) is 29.4 Å². The van der Waals surface area contributed by atoms with Crippen molar-refractivity contribution in [3.63, 3.8) is 0 Å². The number of aromatic hydroxyl groups is 1. The lowest BCUT2D eigenvalue weighted by Gasteiger charge is -2.16. The predicted octanol–water partition coefficient (Wildman–Crippen LogP) is 5.77. The van der Waals surface area contributed by atoms with Crippen LogP contribution in [0.25, 0.3) is 27.2 Å². The number of hydrogen-bond acceptors (Lipinski definition) is 7. The number of ether oxygens (including phenoxy) is 2. The summed E-state index contributed by atoms with van der Waals surface area (Å²) >= 11 is 7.50. The van der Waals surface area contributed by atoms with Gasteiger partial charge in [0.1, 0.15) is 28.9 Å². The summed E-state index contributed by atoms with van der Waals surface area (Å²) < 4.78 is 14.8. The first kappa shape index (κ1) is 22.9. The van der Waals surface area contributed by atoms with Gasteiger partial charge in [-0.1, -0.05) is 29.8 Å². The van der Waals surface area contributed by atoms with Crippen molar-refractivity contribution in [1.29, 1.82) is 0 Å². The van der Waals surface area contributed by atoms with Crippen molar-refractivity contribution in [1.82, 2.24) is 19.3 Å². The van der Waals surface area contributed by atoms with Crippen LogP contribution in [0.4, 0.5) is 0 Å². The van der Waals surface area contributed by atoms with Crippen LogP contribution in [0.3, 0.4) is 0 Å². The number of phenols is 1. The van der Waals surface area contributed by atoms with Crippen LogP contribution in [0.2, 0.25) is 5.02 Å². The maximum atomic E-state index is 12.5. The molecule has 2 aromatic carbocycles. The highest BCUT2D eigenvalue weighted by molar-refractivity contribution is 7.16. The highest BCUT2D eigenvalue weighted by Gasteiger charge is 2.23. The van der Waals surface area contributed by atoms with Crippen LogP contribution in [-0.4, -0.2) is 37.5 Å². The number of esters is 1. The first-order chi connectivity index (χ1) is 16.9. The SMILES string of the molecule is COC(=O)c1sc(-n2cnc3cc(-c4cnn(C)c4)ccc32)cc1OC(C)c1cccc(O)c1Cl. The minimum Gasteiger partial charge on any atom is -0.506 e. The van der Waals surface area contributed by atoms with E-state index in [0.29, 0.717) is 16.2 Å². The van der Waals surface area contributed by atoms with E-state index in [4.69, 9.17) is 21.1 Å². The molecule has 0 spiro atoms. The minimum atomic E-state index is -0.526. The number of hydrogen-bond donors (Lipinski definition) is 1. The molecule has 0 saturated heterocycles. The molecule has 0 amide bonds. The van der Waals surface area contributed by atoms with Crippen LogP contribution in [0.15, 0.2) is 61.2 Å². The maximum Gasteiger partial charge on any atom is 0.351 e. The fourth-order valence-electron chi connectivity index (χ4n) is 3.85. The van der Waals surface area contributed by atoms with E-state index in [0.717, 1.165) is 27.2 Å². The lowest BCUT2D eigenvalue weighted by Crippen LogP contribution is -2.07. The third kappa shape index (κ3) is 4.24. The van der Waals surface area contributed by atoms with E-state index < -0.39 is 12.1 Å². The van der Waals surface area contributed by atoms with Crippen molar-refractivity contribution in [2.24, 2.45) is 7.05 Å². The Kier molecular flexibility index (Phi) is 5.96. The molecule has 1 N–H and O–H groups in total. The zero-order valence-corrected chi connectivity index (χ0v) is 20.7. The van der Waals surface area contributed by atoms with E-state index in [9.17, 15) is 9.90 Å². The smallest absolute Gasteiger partial charge is 0.351 e. The Hall–Kier alpha value is -3.82. The Labute approximate surface area is 209 Å². The average molecular weight is 509 g/mol. The summed E-state index contributed by atoms with van der Waals surface area (Å²) in [4.78, 5) is 17.4. The van der Waals surface area contributed by atoms with E-state index in [-0.39, 0.29) is 10.8 Å². The molecule has 0 aliphatic carbocycles. The lowest BCUT2D eigenvalue weighted by atomic mass is 10.1. The summed E-state index contributed by atoms with van der Waals surface area (Å²) in [5.41, 5.74) is 4.31. The van der Waals surface area contributed by atoms with E-state index in [1.165, 1.54) is 24.5 Å². The first-order valence-corrected chi connectivity index (χ1v) is 11.9. The number of carbonyl (C=O) groups excluding carboxylic acids is 1. The van der Waals surface area contributed by atoms with Crippen LogP contribution in [-0.2, 0) is 11.8 Å². The molecule has 8 nitrogen and oxygen atoms in total. The largest absolute Gasteiger partial charge is 0.506 e. The van der Waals surface area contributed by atoms with Crippen LogP contribution in [0, 0.1) is 0 Å². The van der Waals surface area contributed by atoms with Gasteiger partial charge in [0.15, 0.2) is 4.88 Å². The predicted molar refractivity (Wildman–Crippen MR) is 135 cm³/mol. The summed E-state index contributed by atoms with van der Waals surface area (Å²) in [6.07, 6.45) is 4.94. The van der Waals surface area contributed by atoms with E-state index in [1.807, 2.05) is 42.2 Å². The van der Waals surface area contributed by atoms with Crippen LogP contribution in [0.5, 0.6) is 11.5 Å². The Morgan fingerprint density at radius 2 is 2.03 bits per heavy atom. The molecular weight excluding hydrogens is 488 g/mol. The van der Waals surface area contributed by atoms with Gasteiger partial charge in [-0.25, -0.2) is 9.78 Å². The Morgan fingerprint density at radius 3 is 2.77 bits per heavy atom. The number of nitrogens with zero attached hydrogens (tertiary/aromatic N) is 4. The second-order valence-electron chi connectivity index (χ2n) is 7.93. The summed E-state index contributed by atoms with van der Waals surface area (Å²) in [5.74, 6) is -0.180. The molecule has 10 heteroatoms. The quantitative estimate of drug-likeness (QED) is 0.293. The number of fused-ring (bicyclic) bond motifs is 1. The summed E-state index contributed by atoms with van der Waals surface area (Å²) in [6.45, 7) is 1.80. The van der Waals surface area contributed by atoms with Crippen molar-refractivity contribution in [2.75, 3.05) is 7.11 Å².